The second-order valence-electron chi connectivity index (χ2n) is 5.78. The van der Waals surface area contributed by atoms with Crippen LogP contribution in [0.3, 0.4) is 0 Å². The van der Waals surface area contributed by atoms with E-state index in [1.54, 1.807) is 0 Å². The molecule has 0 unspecified atom stereocenters. The van der Waals surface area contributed by atoms with E-state index in [0.29, 0.717) is 12.3 Å². The van der Waals surface area contributed by atoms with Crippen molar-refractivity contribution in [3.63, 3.8) is 0 Å². The molecule has 0 aromatic heterocycles. The summed E-state index contributed by atoms with van der Waals surface area (Å²) >= 11 is 0. The standard InChI is InChI=1S/C19H21N3O2/c1-22-13-5-8-18(22)21-19(23)20-16-9-11-17(12-10-16)24-14-15-6-3-2-4-7-15/h2-4,6-7,9-12H,5,8,13-14H2,1H3,(H,20,23). The smallest absolute Gasteiger partial charge is 0.347 e. The van der Waals surface area contributed by atoms with Crippen LogP contribution in [-0.4, -0.2) is 30.4 Å². The average molecular weight is 323 g/mol. The fourth-order valence-electron chi connectivity index (χ4n) is 2.58. The first-order valence-electron chi connectivity index (χ1n) is 8.07. The summed E-state index contributed by atoms with van der Waals surface area (Å²) < 4.78 is 5.73. The van der Waals surface area contributed by atoms with Crippen molar-refractivity contribution in [1.82, 2.24) is 4.90 Å². The summed E-state index contributed by atoms with van der Waals surface area (Å²) in [6.07, 6.45) is 1.91. The summed E-state index contributed by atoms with van der Waals surface area (Å²) in [6, 6.07) is 17.0. The highest BCUT2D eigenvalue weighted by molar-refractivity contribution is 6.00. The van der Waals surface area contributed by atoms with E-state index in [1.165, 1.54) is 0 Å². The number of nitrogens with zero attached hydrogens (tertiary/aromatic N) is 2. The van der Waals surface area contributed by atoms with Crippen LogP contribution in [0.1, 0.15) is 18.4 Å². The molecule has 1 N–H and O–H groups in total. The Bertz CT molecular complexity index is 711. The number of rotatable bonds is 4. The Morgan fingerprint density at radius 3 is 2.58 bits per heavy atom. The highest BCUT2D eigenvalue weighted by Gasteiger charge is 2.15. The van der Waals surface area contributed by atoms with Gasteiger partial charge in [-0.2, -0.15) is 4.99 Å². The van der Waals surface area contributed by atoms with Crippen LogP contribution in [0.2, 0.25) is 0 Å². The van der Waals surface area contributed by atoms with Crippen molar-refractivity contribution in [2.24, 2.45) is 4.99 Å². The number of anilines is 1. The third kappa shape index (κ3) is 4.35. The van der Waals surface area contributed by atoms with Gasteiger partial charge >= 0.3 is 6.03 Å². The van der Waals surface area contributed by atoms with Crippen LogP contribution >= 0.6 is 0 Å². The summed E-state index contributed by atoms with van der Waals surface area (Å²) in [7, 11) is 1.96. The van der Waals surface area contributed by atoms with Crippen molar-refractivity contribution in [3.8, 4) is 5.75 Å². The zero-order chi connectivity index (χ0) is 16.8. The molecule has 0 aliphatic carbocycles. The lowest BCUT2D eigenvalue weighted by Crippen LogP contribution is -2.21. The second-order valence-corrected chi connectivity index (χ2v) is 5.78. The fourth-order valence-corrected chi connectivity index (χ4v) is 2.58. The molecule has 2 amide bonds. The van der Waals surface area contributed by atoms with E-state index in [0.717, 1.165) is 36.5 Å². The van der Waals surface area contributed by atoms with Gasteiger partial charge in [0.2, 0.25) is 0 Å². The lowest BCUT2D eigenvalue weighted by atomic mass is 10.2. The summed E-state index contributed by atoms with van der Waals surface area (Å²) in [5.41, 5.74) is 1.82. The molecule has 0 saturated carbocycles. The zero-order valence-corrected chi connectivity index (χ0v) is 13.7. The molecule has 1 fully saturated rings. The first kappa shape index (κ1) is 16.1. The van der Waals surface area contributed by atoms with Crippen LogP contribution in [0.15, 0.2) is 59.6 Å². The van der Waals surface area contributed by atoms with E-state index in [-0.39, 0.29) is 6.03 Å². The third-order valence-electron chi connectivity index (χ3n) is 3.92. The average Bonchev–Trinajstić information content (AvgIpc) is 3.00. The van der Waals surface area contributed by atoms with Crippen LogP contribution in [-0.2, 0) is 6.61 Å². The van der Waals surface area contributed by atoms with Gasteiger partial charge in [0, 0.05) is 25.7 Å². The summed E-state index contributed by atoms with van der Waals surface area (Å²) in [5.74, 6) is 1.61. The highest BCUT2D eigenvalue weighted by Crippen LogP contribution is 2.17. The van der Waals surface area contributed by atoms with E-state index in [4.69, 9.17) is 4.74 Å². The van der Waals surface area contributed by atoms with Crippen molar-refractivity contribution >= 4 is 17.6 Å². The van der Waals surface area contributed by atoms with Gasteiger partial charge in [-0.15, -0.1) is 0 Å². The number of benzene rings is 2. The van der Waals surface area contributed by atoms with Gasteiger partial charge in [-0.3, -0.25) is 0 Å². The number of ether oxygens (including phenoxy) is 1. The molecule has 3 rings (SSSR count). The number of carbonyl (C=O) groups is 1. The van der Waals surface area contributed by atoms with Gasteiger partial charge in [0.05, 0.1) is 0 Å². The predicted octanol–water partition coefficient (Wildman–Crippen LogP) is 3.92. The second kappa shape index (κ2) is 7.64. The molecule has 1 aliphatic rings. The van der Waals surface area contributed by atoms with Gasteiger partial charge in [-0.25, -0.2) is 4.79 Å². The minimum absolute atomic E-state index is 0.336. The molecular weight excluding hydrogens is 302 g/mol. The van der Waals surface area contributed by atoms with Crippen LogP contribution in [0, 0.1) is 0 Å². The lowest BCUT2D eigenvalue weighted by Gasteiger charge is -2.11. The maximum atomic E-state index is 12.0. The molecular formula is C19H21N3O2. The van der Waals surface area contributed by atoms with Crippen LogP contribution < -0.4 is 10.1 Å². The van der Waals surface area contributed by atoms with Gasteiger partial charge < -0.3 is 15.0 Å². The Labute approximate surface area is 142 Å². The van der Waals surface area contributed by atoms with E-state index < -0.39 is 0 Å². The van der Waals surface area contributed by atoms with E-state index in [2.05, 4.69) is 10.3 Å². The van der Waals surface area contributed by atoms with Gasteiger partial charge in [0.1, 0.15) is 18.2 Å². The summed E-state index contributed by atoms with van der Waals surface area (Å²) in [4.78, 5) is 18.1. The molecule has 2 aromatic rings. The van der Waals surface area contributed by atoms with Gasteiger partial charge in [-0.05, 0) is 36.2 Å². The van der Waals surface area contributed by atoms with Crippen LogP contribution in [0.5, 0.6) is 5.75 Å². The molecule has 0 radical (unpaired) electrons. The molecule has 1 heterocycles. The fraction of sp³-hybridized carbons (Fsp3) is 0.263. The first-order chi connectivity index (χ1) is 11.7. The van der Waals surface area contributed by atoms with Gasteiger partial charge in [0.15, 0.2) is 0 Å². The summed E-state index contributed by atoms with van der Waals surface area (Å²) in [5, 5.41) is 2.78. The maximum absolute atomic E-state index is 12.0. The number of hydrogen-bond acceptors (Lipinski definition) is 2. The molecule has 0 atom stereocenters. The van der Waals surface area contributed by atoms with Gasteiger partial charge in [-0.1, -0.05) is 30.3 Å². The number of amides is 2. The number of likely N-dealkylation sites (tertiary alicyclic amines) is 1. The van der Waals surface area contributed by atoms with E-state index >= 15 is 0 Å². The van der Waals surface area contributed by atoms with Crippen molar-refractivity contribution in [2.75, 3.05) is 18.9 Å². The molecule has 5 heteroatoms. The minimum atomic E-state index is -0.336. The Morgan fingerprint density at radius 1 is 1.17 bits per heavy atom. The number of nitrogens with one attached hydrogen (secondary N) is 1. The van der Waals surface area contributed by atoms with Crippen LogP contribution in [0.25, 0.3) is 0 Å². The van der Waals surface area contributed by atoms with Gasteiger partial charge in [0.25, 0.3) is 0 Å². The molecule has 0 spiro atoms. The number of carbonyl (C=O) groups excluding carboxylic acids is 1. The molecule has 24 heavy (non-hydrogen) atoms. The molecule has 1 saturated heterocycles. The number of urea groups is 1. The SMILES string of the molecule is CN1CCCC1=NC(=O)Nc1ccc(OCc2ccccc2)cc1. The monoisotopic (exact) mass is 323 g/mol. The quantitative estimate of drug-likeness (QED) is 0.928. The third-order valence-corrected chi connectivity index (χ3v) is 3.92. The molecule has 5 nitrogen and oxygen atoms in total. The van der Waals surface area contributed by atoms with Crippen molar-refractivity contribution < 1.29 is 9.53 Å². The van der Waals surface area contributed by atoms with E-state index in [1.807, 2.05) is 66.5 Å². The first-order valence-corrected chi connectivity index (χ1v) is 8.07. The largest absolute Gasteiger partial charge is 0.489 e. The number of hydrogen-bond donors (Lipinski definition) is 1. The Morgan fingerprint density at radius 2 is 1.92 bits per heavy atom. The van der Waals surface area contributed by atoms with Crippen molar-refractivity contribution in [2.45, 2.75) is 19.4 Å². The number of aliphatic imine (C=N–C) groups is 1. The molecule has 2 aromatic carbocycles. The molecule has 124 valence electrons. The topological polar surface area (TPSA) is 53.9 Å². The van der Waals surface area contributed by atoms with E-state index in [9.17, 15) is 4.79 Å². The normalized spacial score (nSPS) is 15.5. The van der Waals surface area contributed by atoms with Crippen LogP contribution in [0.4, 0.5) is 10.5 Å². The molecule has 1 aliphatic heterocycles. The Kier molecular flexibility index (Phi) is 5.11. The minimum Gasteiger partial charge on any atom is -0.489 e. The van der Waals surface area contributed by atoms with Crippen molar-refractivity contribution in [1.29, 1.82) is 0 Å². The molecule has 0 bridgehead atoms. The zero-order valence-electron chi connectivity index (χ0n) is 13.7. The highest BCUT2D eigenvalue weighted by atomic mass is 16.5. The summed E-state index contributed by atoms with van der Waals surface area (Å²) in [6.45, 7) is 1.48. The Balaban J connectivity index is 1.53. The maximum Gasteiger partial charge on any atom is 0.347 e. The van der Waals surface area contributed by atoms with Crippen molar-refractivity contribution in [3.05, 3.63) is 60.2 Å². The Hall–Kier alpha value is -2.82. The predicted molar refractivity (Wildman–Crippen MR) is 95.5 cm³/mol. The number of amidine groups is 1. The lowest BCUT2D eigenvalue weighted by molar-refractivity contribution is 0.259.